The van der Waals surface area contributed by atoms with E-state index >= 15 is 0 Å². The van der Waals surface area contributed by atoms with Gasteiger partial charge in [0.15, 0.2) is 0 Å². The van der Waals surface area contributed by atoms with Crippen molar-refractivity contribution in [2.24, 2.45) is 0 Å². The van der Waals surface area contributed by atoms with E-state index in [1.165, 1.54) is 17.0 Å². The van der Waals surface area contributed by atoms with Crippen LogP contribution >= 0.6 is 11.6 Å². The topological polar surface area (TPSA) is 96.0 Å². The number of esters is 1. The van der Waals surface area contributed by atoms with Crippen LogP contribution in [0.4, 0.5) is 0 Å². The Morgan fingerprint density at radius 3 is 2.31 bits per heavy atom. The summed E-state index contributed by atoms with van der Waals surface area (Å²) in [7, 11) is -0.128. The van der Waals surface area contributed by atoms with Gasteiger partial charge in [-0.1, -0.05) is 23.7 Å². The van der Waals surface area contributed by atoms with Gasteiger partial charge in [0.25, 0.3) is 0 Å². The lowest BCUT2D eigenvalue weighted by Crippen LogP contribution is -2.43. The average molecular weight is 448 g/mol. The van der Waals surface area contributed by atoms with Crippen molar-refractivity contribution >= 4 is 33.5 Å². The molecule has 0 atom stereocenters. The van der Waals surface area contributed by atoms with Gasteiger partial charge < -0.3 is 14.5 Å². The largest absolute Gasteiger partial charge is 0.459 e. The first kappa shape index (κ1) is 25.4. The quantitative estimate of drug-likeness (QED) is 0.549. The second-order valence-corrected chi connectivity index (χ2v) is 9.93. The maximum atomic E-state index is 12.6. The zero-order valence-corrected chi connectivity index (χ0v) is 19.1. The fourth-order valence-electron chi connectivity index (χ4n) is 2.33. The molecule has 0 bridgehead atoms. The summed E-state index contributed by atoms with van der Waals surface area (Å²) in [5, 5.41) is 0.101. The summed E-state index contributed by atoms with van der Waals surface area (Å²) in [5.41, 5.74) is -0.655. The van der Waals surface area contributed by atoms with Gasteiger partial charge in [-0.2, -0.15) is 0 Å². The molecule has 1 aromatic rings. The van der Waals surface area contributed by atoms with Crippen LogP contribution in [0.1, 0.15) is 27.2 Å². The van der Waals surface area contributed by atoms with Crippen molar-refractivity contribution in [2.45, 2.75) is 37.7 Å². The number of hydrogen-bond donors (Lipinski definition) is 1. The standard InChI is InChI=1S/C19H30ClN3O5S/c1-19(2,3)28-18(25)14-23(13-12-22(4)5)17(24)10-11-21-29(26,27)16-9-7-6-8-15(16)20/h6-9,21H,10-14H2,1-5H3. The van der Waals surface area contributed by atoms with Gasteiger partial charge in [0.2, 0.25) is 15.9 Å². The maximum absolute atomic E-state index is 12.6. The summed E-state index contributed by atoms with van der Waals surface area (Å²) in [5.74, 6) is -0.860. The first-order chi connectivity index (χ1) is 13.3. The molecule has 0 aromatic heterocycles. The Morgan fingerprint density at radius 1 is 1.14 bits per heavy atom. The molecular formula is C19H30ClN3O5S. The number of likely N-dealkylation sites (N-methyl/N-ethyl adjacent to an activating group) is 1. The van der Waals surface area contributed by atoms with Crippen LogP contribution in [0.2, 0.25) is 5.02 Å². The molecule has 0 aliphatic rings. The monoisotopic (exact) mass is 447 g/mol. The van der Waals surface area contributed by atoms with Crippen LogP contribution in [0.15, 0.2) is 29.2 Å². The van der Waals surface area contributed by atoms with E-state index in [0.717, 1.165) is 0 Å². The van der Waals surface area contributed by atoms with Gasteiger partial charge in [-0.3, -0.25) is 9.59 Å². The van der Waals surface area contributed by atoms with Crippen LogP contribution in [0.5, 0.6) is 0 Å². The normalized spacial score (nSPS) is 12.1. The van der Waals surface area contributed by atoms with Gasteiger partial charge in [-0.25, -0.2) is 13.1 Å². The minimum absolute atomic E-state index is 0.0488. The third kappa shape index (κ3) is 9.58. The van der Waals surface area contributed by atoms with Crippen molar-refractivity contribution in [3.8, 4) is 0 Å². The molecule has 0 spiro atoms. The SMILES string of the molecule is CN(C)CCN(CC(=O)OC(C)(C)C)C(=O)CCNS(=O)(=O)c1ccccc1Cl. The Morgan fingerprint density at radius 2 is 1.76 bits per heavy atom. The predicted molar refractivity (Wildman–Crippen MR) is 112 cm³/mol. The van der Waals surface area contributed by atoms with Crippen molar-refractivity contribution in [1.82, 2.24) is 14.5 Å². The Balaban J connectivity index is 2.71. The Labute approximate surface area is 178 Å². The van der Waals surface area contributed by atoms with Gasteiger partial charge in [0, 0.05) is 26.1 Å². The summed E-state index contributed by atoms with van der Waals surface area (Å²) >= 11 is 5.93. The minimum atomic E-state index is -3.84. The van der Waals surface area contributed by atoms with Crippen molar-refractivity contribution in [2.75, 3.05) is 40.3 Å². The number of rotatable bonds is 10. The number of hydrogen-bond acceptors (Lipinski definition) is 6. The number of sulfonamides is 1. The summed E-state index contributed by atoms with van der Waals surface area (Å²) in [6.07, 6.45) is -0.0973. The Hall–Kier alpha value is -1.68. The predicted octanol–water partition coefficient (Wildman–Crippen LogP) is 1.74. The number of benzene rings is 1. The third-order valence-corrected chi connectivity index (χ3v) is 5.63. The highest BCUT2D eigenvalue weighted by Gasteiger charge is 2.23. The van der Waals surface area contributed by atoms with Gasteiger partial charge in [0.05, 0.1) is 5.02 Å². The molecule has 8 nitrogen and oxygen atoms in total. The molecule has 0 saturated heterocycles. The summed E-state index contributed by atoms with van der Waals surface area (Å²) < 4.78 is 32.4. The highest BCUT2D eigenvalue weighted by atomic mass is 35.5. The molecule has 10 heteroatoms. The van der Waals surface area contributed by atoms with Crippen LogP contribution in [-0.4, -0.2) is 76.0 Å². The molecule has 0 unspecified atom stereocenters. The first-order valence-corrected chi connectivity index (χ1v) is 11.1. The van der Waals surface area contributed by atoms with Gasteiger partial charge >= 0.3 is 5.97 Å². The van der Waals surface area contributed by atoms with Crippen LogP contribution in [0, 0.1) is 0 Å². The molecule has 0 saturated carbocycles. The molecule has 0 radical (unpaired) electrons. The van der Waals surface area contributed by atoms with E-state index in [-0.39, 0.29) is 35.3 Å². The van der Waals surface area contributed by atoms with E-state index < -0.39 is 21.6 Å². The van der Waals surface area contributed by atoms with Gasteiger partial charge in [0.1, 0.15) is 17.0 Å². The molecule has 1 amide bonds. The summed E-state index contributed by atoms with van der Waals surface area (Å²) in [6, 6.07) is 6.06. The number of halogens is 1. The van der Waals surface area contributed by atoms with Crippen molar-refractivity contribution in [3.05, 3.63) is 29.3 Å². The molecule has 1 N–H and O–H groups in total. The minimum Gasteiger partial charge on any atom is -0.459 e. The average Bonchev–Trinajstić information content (AvgIpc) is 2.56. The lowest BCUT2D eigenvalue weighted by molar-refractivity contribution is -0.159. The van der Waals surface area contributed by atoms with Crippen LogP contribution in [0.3, 0.4) is 0 Å². The number of carbonyl (C=O) groups is 2. The fraction of sp³-hybridized carbons (Fsp3) is 0.579. The Bertz CT molecular complexity index is 806. The summed E-state index contributed by atoms with van der Waals surface area (Å²) in [4.78, 5) is 27.9. The van der Waals surface area contributed by atoms with E-state index in [4.69, 9.17) is 16.3 Å². The lowest BCUT2D eigenvalue weighted by Gasteiger charge is -2.26. The molecule has 1 aromatic carbocycles. The zero-order valence-electron chi connectivity index (χ0n) is 17.6. The highest BCUT2D eigenvalue weighted by molar-refractivity contribution is 7.89. The fourth-order valence-corrected chi connectivity index (χ4v) is 3.88. The van der Waals surface area contributed by atoms with E-state index in [1.807, 2.05) is 19.0 Å². The molecule has 29 heavy (non-hydrogen) atoms. The Kier molecular flexibility index (Phi) is 9.54. The molecule has 0 aliphatic carbocycles. The van der Waals surface area contributed by atoms with Crippen LogP contribution in [-0.2, 0) is 24.3 Å². The second kappa shape index (κ2) is 10.9. The van der Waals surface area contributed by atoms with Crippen molar-refractivity contribution in [3.63, 3.8) is 0 Å². The first-order valence-electron chi connectivity index (χ1n) is 9.20. The van der Waals surface area contributed by atoms with E-state index in [1.54, 1.807) is 32.9 Å². The second-order valence-electron chi connectivity index (χ2n) is 7.78. The smallest absolute Gasteiger partial charge is 0.326 e. The van der Waals surface area contributed by atoms with Gasteiger partial charge in [-0.15, -0.1) is 0 Å². The number of amides is 1. The molecular weight excluding hydrogens is 418 g/mol. The van der Waals surface area contributed by atoms with Crippen molar-refractivity contribution in [1.29, 1.82) is 0 Å². The molecule has 0 aliphatic heterocycles. The number of nitrogens with zero attached hydrogens (tertiary/aromatic N) is 2. The van der Waals surface area contributed by atoms with E-state index in [2.05, 4.69) is 4.72 Å². The lowest BCUT2D eigenvalue weighted by atomic mass is 10.2. The molecule has 164 valence electrons. The number of nitrogens with one attached hydrogen (secondary N) is 1. The van der Waals surface area contributed by atoms with E-state index in [9.17, 15) is 18.0 Å². The molecule has 1 rings (SSSR count). The van der Waals surface area contributed by atoms with E-state index in [0.29, 0.717) is 13.1 Å². The van der Waals surface area contributed by atoms with Crippen LogP contribution < -0.4 is 4.72 Å². The number of ether oxygens (including phenoxy) is 1. The number of carbonyl (C=O) groups excluding carboxylic acids is 2. The van der Waals surface area contributed by atoms with Gasteiger partial charge in [-0.05, 0) is 47.0 Å². The summed E-state index contributed by atoms with van der Waals surface area (Å²) in [6.45, 7) is 5.82. The molecule has 0 fully saturated rings. The van der Waals surface area contributed by atoms with Crippen molar-refractivity contribution < 1.29 is 22.7 Å². The van der Waals surface area contributed by atoms with Crippen LogP contribution in [0.25, 0.3) is 0 Å². The maximum Gasteiger partial charge on any atom is 0.326 e. The third-order valence-electron chi connectivity index (χ3n) is 3.67. The molecule has 0 heterocycles. The highest BCUT2D eigenvalue weighted by Crippen LogP contribution is 2.20. The zero-order chi connectivity index (χ0) is 22.2.